The molecule has 2 rings (SSSR count). The molecule has 0 aliphatic heterocycles. The Kier molecular flexibility index (Phi) is 4.80. The monoisotopic (exact) mass is 375 g/mol. The van der Waals surface area contributed by atoms with Crippen molar-refractivity contribution < 1.29 is 9.53 Å². The number of nitrogens with one attached hydrogen (secondary N) is 1. The molecule has 0 fully saturated rings. The van der Waals surface area contributed by atoms with Crippen molar-refractivity contribution in [2.45, 2.75) is 0 Å². The number of hydrogen-bond acceptors (Lipinski definition) is 4. The highest BCUT2D eigenvalue weighted by Crippen LogP contribution is 2.28. The Morgan fingerprint density at radius 2 is 1.95 bits per heavy atom. The Bertz CT molecular complexity index is 647. The molecule has 1 heterocycles. The SMILES string of the molecule is COc1cc(Br)ccc1C(=O)Nc1c(Cl)ncnc1Cl. The molecule has 0 bridgehead atoms. The molecule has 0 aliphatic carbocycles. The zero-order valence-electron chi connectivity index (χ0n) is 10.2. The normalized spacial score (nSPS) is 10.2. The summed E-state index contributed by atoms with van der Waals surface area (Å²) in [4.78, 5) is 19.7. The lowest BCUT2D eigenvalue weighted by Crippen LogP contribution is -2.14. The van der Waals surface area contributed by atoms with Gasteiger partial charge in [0.25, 0.3) is 5.91 Å². The van der Waals surface area contributed by atoms with Gasteiger partial charge in [-0.1, -0.05) is 39.1 Å². The first-order chi connectivity index (χ1) is 9.52. The van der Waals surface area contributed by atoms with Gasteiger partial charge in [0.05, 0.1) is 12.7 Å². The van der Waals surface area contributed by atoms with Crippen LogP contribution in [0.1, 0.15) is 10.4 Å². The van der Waals surface area contributed by atoms with Gasteiger partial charge in [0.1, 0.15) is 17.8 Å². The zero-order valence-corrected chi connectivity index (χ0v) is 13.3. The highest BCUT2D eigenvalue weighted by Gasteiger charge is 2.16. The number of ether oxygens (including phenoxy) is 1. The molecule has 20 heavy (non-hydrogen) atoms. The maximum absolute atomic E-state index is 12.2. The molecule has 0 saturated heterocycles. The Balaban J connectivity index is 2.33. The second-order valence-corrected chi connectivity index (χ2v) is 5.26. The quantitative estimate of drug-likeness (QED) is 0.827. The third kappa shape index (κ3) is 3.20. The predicted octanol–water partition coefficient (Wildman–Crippen LogP) is 3.81. The number of benzene rings is 1. The van der Waals surface area contributed by atoms with E-state index in [9.17, 15) is 4.79 Å². The minimum absolute atomic E-state index is 0.0643. The standard InChI is InChI=1S/C12H8BrCl2N3O2/c1-20-8-4-6(13)2-3-7(8)12(19)18-9-10(14)16-5-17-11(9)15/h2-5H,1H3,(H,18,19). The summed E-state index contributed by atoms with van der Waals surface area (Å²) < 4.78 is 5.95. The molecule has 0 spiro atoms. The van der Waals surface area contributed by atoms with Crippen LogP contribution in [-0.4, -0.2) is 23.0 Å². The van der Waals surface area contributed by atoms with Crippen molar-refractivity contribution in [3.63, 3.8) is 0 Å². The molecular weight excluding hydrogens is 369 g/mol. The van der Waals surface area contributed by atoms with Crippen molar-refractivity contribution in [1.82, 2.24) is 9.97 Å². The van der Waals surface area contributed by atoms with Gasteiger partial charge in [-0.2, -0.15) is 0 Å². The van der Waals surface area contributed by atoms with Gasteiger partial charge in [-0.25, -0.2) is 9.97 Å². The van der Waals surface area contributed by atoms with Gasteiger partial charge in [-0.05, 0) is 18.2 Å². The van der Waals surface area contributed by atoms with Gasteiger partial charge in [0.15, 0.2) is 10.3 Å². The van der Waals surface area contributed by atoms with Crippen LogP contribution in [-0.2, 0) is 0 Å². The van der Waals surface area contributed by atoms with E-state index >= 15 is 0 Å². The number of aromatic nitrogens is 2. The van der Waals surface area contributed by atoms with E-state index in [4.69, 9.17) is 27.9 Å². The number of carbonyl (C=O) groups excluding carboxylic acids is 1. The van der Waals surface area contributed by atoms with Crippen LogP contribution < -0.4 is 10.1 Å². The first-order valence-corrected chi connectivity index (χ1v) is 6.88. The molecule has 8 heteroatoms. The van der Waals surface area contributed by atoms with E-state index in [1.54, 1.807) is 18.2 Å². The smallest absolute Gasteiger partial charge is 0.259 e. The third-order valence-electron chi connectivity index (χ3n) is 2.40. The van der Waals surface area contributed by atoms with Gasteiger partial charge in [0, 0.05) is 4.47 Å². The largest absolute Gasteiger partial charge is 0.496 e. The molecule has 0 saturated carbocycles. The molecule has 1 aromatic heterocycles. The van der Waals surface area contributed by atoms with E-state index < -0.39 is 5.91 Å². The van der Waals surface area contributed by atoms with Crippen molar-refractivity contribution in [2.75, 3.05) is 12.4 Å². The number of anilines is 1. The Hall–Kier alpha value is -1.37. The van der Waals surface area contributed by atoms with Crippen molar-refractivity contribution in [1.29, 1.82) is 0 Å². The molecule has 0 aliphatic rings. The second kappa shape index (κ2) is 6.39. The van der Waals surface area contributed by atoms with E-state index in [0.29, 0.717) is 11.3 Å². The summed E-state index contributed by atoms with van der Waals surface area (Å²) in [5.41, 5.74) is 0.498. The third-order valence-corrected chi connectivity index (χ3v) is 3.47. The fourth-order valence-electron chi connectivity index (χ4n) is 1.48. The Morgan fingerprint density at radius 1 is 1.30 bits per heavy atom. The zero-order chi connectivity index (χ0) is 14.7. The summed E-state index contributed by atoms with van der Waals surface area (Å²) in [5.74, 6) is -0.00563. The average Bonchev–Trinajstić information content (AvgIpc) is 2.42. The lowest BCUT2D eigenvalue weighted by Gasteiger charge is -2.10. The van der Waals surface area contributed by atoms with Crippen molar-refractivity contribution in [3.05, 3.63) is 44.9 Å². The summed E-state index contributed by atoms with van der Waals surface area (Å²) in [5, 5.41) is 2.69. The maximum atomic E-state index is 12.2. The summed E-state index contributed by atoms with van der Waals surface area (Å²) in [6.45, 7) is 0. The van der Waals surface area contributed by atoms with E-state index in [1.807, 2.05) is 0 Å². The number of halogens is 3. The number of hydrogen-bond donors (Lipinski definition) is 1. The molecular formula is C12H8BrCl2N3O2. The highest BCUT2D eigenvalue weighted by atomic mass is 79.9. The molecule has 104 valence electrons. The molecule has 1 N–H and O–H groups in total. The van der Waals surface area contributed by atoms with Gasteiger partial charge in [0.2, 0.25) is 0 Å². The molecule has 0 radical (unpaired) electrons. The molecule has 2 aromatic rings. The molecule has 1 aromatic carbocycles. The van der Waals surface area contributed by atoms with E-state index in [1.165, 1.54) is 13.4 Å². The minimum Gasteiger partial charge on any atom is -0.496 e. The van der Waals surface area contributed by atoms with Gasteiger partial charge in [-0.15, -0.1) is 0 Å². The highest BCUT2D eigenvalue weighted by molar-refractivity contribution is 9.10. The molecule has 5 nitrogen and oxygen atoms in total. The molecule has 0 atom stereocenters. The van der Waals surface area contributed by atoms with Crippen LogP contribution in [0.2, 0.25) is 10.3 Å². The number of nitrogens with zero attached hydrogens (tertiary/aromatic N) is 2. The van der Waals surface area contributed by atoms with Crippen LogP contribution in [0.3, 0.4) is 0 Å². The van der Waals surface area contributed by atoms with E-state index in [-0.39, 0.29) is 16.0 Å². The summed E-state index contributed by atoms with van der Waals surface area (Å²) in [6, 6.07) is 5.02. The first kappa shape index (κ1) is 15.0. The summed E-state index contributed by atoms with van der Waals surface area (Å²) in [6.07, 6.45) is 1.21. The van der Waals surface area contributed by atoms with Crippen molar-refractivity contribution in [3.8, 4) is 5.75 Å². The minimum atomic E-state index is -0.423. The number of rotatable bonds is 3. The number of amides is 1. The second-order valence-electron chi connectivity index (χ2n) is 3.63. The average molecular weight is 377 g/mol. The Labute approximate surface area is 133 Å². The van der Waals surface area contributed by atoms with Crippen molar-refractivity contribution in [2.24, 2.45) is 0 Å². The van der Waals surface area contributed by atoms with E-state index in [0.717, 1.165) is 4.47 Å². The van der Waals surface area contributed by atoms with Crippen LogP contribution in [0.4, 0.5) is 5.69 Å². The van der Waals surface area contributed by atoms with Crippen LogP contribution in [0.15, 0.2) is 29.0 Å². The molecule has 0 unspecified atom stereocenters. The number of carbonyl (C=O) groups is 1. The van der Waals surface area contributed by atoms with Gasteiger partial charge in [-0.3, -0.25) is 4.79 Å². The van der Waals surface area contributed by atoms with Crippen LogP contribution >= 0.6 is 39.1 Å². The van der Waals surface area contributed by atoms with Crippen LogP contribution in [0.5, 0.6) is 5.75 Å². The topological polar surface area (TPSA) is 64.1 Å². The van der Waals surface area contributed by atoms with Gasteiger partial charge >= 0.3 is 0 Å². The maximum Gasteiger partial charge on any atom is 0.259 e. The summed E-state index contributed by atoms with van der Waals surface area (Å²) in [7, 11) is 1.48. The summed E-state index contributed by atoms with van der Waals surface area (Å²) >= 11 is 15.0. The van der Waals surface area contributed by atoms with Crippen LogP contribution in [0, 0.1) is 0 Å². The first-order valence-electron chi connectivity index (χ1n) is 5.34. The fraction of sp³-hybridized carbons (Fsp3) is 0.0833. The fourth-order valence-corrected chi connectivity index (χ4v) is 2.23. The van der Waals surface area contributed by atoms with Crippen LogP contribution in [0.25, 0.3) is 0 Å². The van der Waals surface area contributed by atoms with Gasteiger partial charge < -0.3 is 10.1 Å². The number of methoxy groups -OCH3 is 1. The van der Waals surface area contributed by atoms with Crippen molar-refractivity contribution >= 4 is 50.7 Å². The lowest BCUT2D eigenvalue weighted by atomic mass is 10.2. The Morgan fingerprint density at radius 3 is 2.55 bits per heavy atom. The molecule has 1 amide bonds. The predicted molar refractivity (Wildman–Crippen MR) is 80.7 cm³/mol. The lowest BCUT2D eigenvalue weighted by molar-refractivity contribution is 0.102. The van der Waals surface area contributed by atoms with E-state index in [2.05, 4.69) is 31.2 Å².